The van der Waals surface area contributed by atoms with Crippen molar-refractivity contribution in [1.29, 1.82) is 0 Å². The van der Waals surface area contributed by atoms with Gasteiger partial charge in [0.25, 0.3) is 5.91 Å². The van der Waals surface area contributed by atoms with Gasteiger partial charge in [-0.2, -0.15) is 0 Å². The van der Waals surface area contributed by atoms with E-state index in [4.69, 9.17) is 9.73 Å². The molecule has 33 heavy (non-hydrogen) atoms. The zero-order valence-electron chi connectivity index (χ0n) is 18.1. The number of ether oxygens (including phenoxy) is 1. The number of thioether (sulfide) groups is 1. The van der Waals surface area contributed by atoms with Crippen LogP contribution in [-0.4, -0.2) is 17.7 Å². The van der Waals surface area contributed by atoms with Gasteiger partial charge in [0.1, 0.15) is 5.75 Å². The van der Waals surface area contributed by atoms with Gasteiger partial charge >= 0.3 is 0 Å². The number of carbonyl (C=O) groups excluding carboxylic acids is 1. The fraction of sp³-hybridized carbons (Fsp3) is 0.0714. The molecule has 0 unspecified atom stereocenters. The molecule has 4 nitrogen and oxygen atoms in total. The van der Waals surface area contributed by atoms with Crippen molar-refractivity contribution < 1.29 is 9.53 Å². The summed E-state index contributed by atoms with van der Waals surface area (Å²) in [6, 6.07) is 31.5. The third-order valence-corrected chi connectivity index (χ3v) is 6.28. The molecule has 5 heteroatoms. The Morgan fingerprint density at radius 2 is 1.58 bits per heavy atom. The van der Waals surface area contributed by atoms with E-state index >= 15 is 0 Å². The molecule has 5 rings (SSSR count). The molecule has 0 spiro atoms. The molecule has 1 aliphatic rings. The Labute approximate surface area is 197 Å². The molecule has 1 aliphatic heterocycles. The lowest BCUT2D eigenvalue weighted by Crippen LogP contribution is -2.28. The first-order valence-electron chi connectivity index (χ1n) is 10.8. The quantitative estimate of drug-likeness (QED) is 0.306. The van der Waals surface area contributed by atoms with E-state index in [1.807, 2.05) is 97.9 Å². The van der Waals surface area contributed by atoms with E-state index in [0.717, 1.165) is 33.5 Å². The number of benzene rings is 4. The summed E-state index contributed by atoms with van der Waals surface area (Å²) in [4.78, 5) is 20.7. The van der Waals surface area contributed by atoms with E-state index in [1.54, 1.807) is 4.90 Å². The van der Waals surface area contributed by atoms with Gasteiger partial charge in [-0.25, -0.2) is 4.99 Å². The lowest BCUT2D eigenvalue weighted by molar-refractivity contribution is -0.113. The fourth-order valence-corrected chi connectivity index (χ4v) is 4.79. The summed E-state index contributed by atoms with van der Waals surface area (Å²) in [7, 11) is 0. The maximum Gasteiger partial charge on any atom is 0.271 e. The molecule has 0 atom stereocenters. The monoisotopic (exact) mass is 450 g/mol. The summed E-state index contributed by atoms with van der Waals surface area (Å²) in [5.74, 6) is 0.660. The number of fused-ring (bicyclic) bond motifs is 1. The predicted octanol–water partition coefficient (Wildman–Crippen LogP) is 7.05. The number of nitrogens with zero attached hydrogens (tertiary/aromatic N) is 2. The highest BCUT2D eigenvalue weighted by Gasteiger charge is 2.35. The van der Waals surface area contributed by atoms with Crippen LogP contribution in [0, 0.1) is 0 Å². The van der Waals surface area contributed by atoms with Crippen LogP contribution < -0.4 is 9.64 Å². The average Bonchev–Trinajstić information content (AvgIpc) is 3.16. The molecule has 162 valence electrons. The minimum absolute atomic E-state index is 0.101. The molecule has 0 aliphatic carbocycles. The Kier molecular flexibility index (Phi) is 5.96. The average molecular weight is 451 g/mol. The Balaban J connectivity index is 1.65. The van der Waals surface area contributed by atoms with Gasteiger partial charge in [0.05, 0.1) is 22.9 Å². The summed E-state index contributed by atoms with van der Waals surface area (Å²) < 4.78 is 5.92. The number of aliphatic imine (C=N–C) groups is 1. The van der Waals surface area contributed by atoms with Crippen LogP contribution in [-0.2, 0) is 4.79 Å². The molecule has 0 saturated carbocycles. The van der Waals surface area contributed by atoms with Crippen LogP contribution in [0.1, 0.15) is 12.5 Å². The van der Waals surface area contributed by atoms with E-state index in [9.17, 15) is 4.79 Å². The van der Waals surface area contributed by atoms with Crippen molar-refractivity contribution in [1.82, 2.24) is 0 Å². The van der Waals surface area contributed by atoms with Crippen LogP contribution in [0.25, 0.3) is 16.8 Å². The second-order valence-electron chi connectivity index (χ2n) is 7.45. The zero-order valence-corrected chi connectivity index (χ0v) is 19.0. The van der Waals surface area contributed by atoms with Crippen molar-refractivity contribution in [2.75, 3.05) is 11.5 Å². The predicted molar refractivity (Wildman–Crippen MR) is 138 cm³/mol. The molecule has 4 aromatic rings. The third-order valence-electron chi connectivity index (χ3n) is 5.31. The Bertz CT molecular complexity index is 1360. The van der Waals surface area contributed by atoms with Gasteiger partial charge in [-0.15, -0.1) is 0 Å². The number of anilines is 1. The molecule has 1 saturated heterocycles. The van der Waals surface area contributed by atoms with E-state index in [2.05, 4.69) is 12.1 Å². The van der Waals surface area contributed by atoms with E-state index in [0.29, 0.717) is 16.7 Å². The molecule has 0 radical (unpaired) electrons. The van der Waals surface area contributed by atoms with Crippen LogP contribution in [0.15, 0.2) is 107 Å². The Hall–Kier alpha value is -3.83. The van der Waals surface area contributed by atoms with Crippen molar-refractivity contribution in [2.45, 2.75) is 6.92 Å². The van der Waals surface area contributed by atoms with Gasteiger partial charge in [0.15, 0.2) is 5.17 Å². The van der Waals surface area contributed by atoms with Crippen molar-refractivity contribution >= 4 is 51.1 Å². The lowest BCUT2D eigenvalue weighted by atomic mass is 10.0. The van der Waals surface area contributed by atoms with Crippen LogP contribution in [0.4, 0.5) is 11.4 Å². The summed E-state index contributed by atoms with van der Waals surface area (Å²) in [5.41, 5.74) is 2.49. The molecule has 4 aromatic carbocycles. The van der Waals surface area contributed by atoms with Crippen LogP contribution in [0.3, 0.4) is 0 Å². The van der Waals surface area contributed by atoms with Gasteiger partial charge < -0.3 is 4.74 Å². The maximum absolute atomic E-state index is 13.6. The standard InChI is InChI=1S/C28H22N2O2S/c1-2-32-25-18-17-20-11-9-10-16-23(20)24(25)19-26-27(31)30(22-14-7-4-8-15-22)28(33-26)29-21-12-5-3-6-13-21/h3-19H,2H2,1H3/b26-19+,29-28?. The molecule has 0 N–H and O–H groups in total. The molecule has 0 bridgehead atoms. The molecular formula is C28H22N2O2S. The van der Waals surface area contributed by atoms with Gasteiger partial charge in [-0.3, -0.25) is 9.69 Å². The molecular weight excluding hydrogens is 428 g/mol. The van der Waals surface area contributed by atoms with Crippen molar-refractivity contribution in [2.24, 2.45) is 4.99 Å². The summed E-state index contributed by atoms with van der Waals surface area (Å²) in [5, 5.41) is 2.77. The van der Waals surface area contributed by atoms with E-state index in [1.165, 1.54) is 11.8 Å². The number of amides is 1. The fourth-order valence-electron chi connectivity index (χ4n) is 3.80. The highest BCUT2D eigenvalue weighted by atomic mass is 32.2. The second-order valence-corrected chi connectivity index (χ2v) is 8.46. The Morgan fingerprint density at radius 1 is 0.879 bits per heavy atom. The minimum atomic E-state index is -0.101. The van der Waals surface area contributed by atoms with Gasteiger partial charge in [0.2, 0.25) is 0 Å². The van der Waals surface area contributed by atoms with Gasteiger partial charge in [0, 0.05) is 5.56 Å². The van der Waals surface area contributed by atoms with Crippen LogP contribution >= 0.6 is 11.8 Å². The highest BCUT2D eigenvalue weighted by Crippen LogP contribution is 2.39. The number of carbonyl (C=O) groups is 1. The van der Waals surface area contributed by atoms with Crippen molar-refractivity contribution in [3.63, 3.8) is 0 Å². The van der Waals surface area contributed by atoms with Gasteiger partial charge in [-0.05, 0) is 65.9 Å². The summed E-state index contributed by atoms with van der Waals surface area (Å²) in [6.07, 6.45) is 1.93. The number of para-hydroxylation sites is 2. The lowest BCUT2D eigenvalue weighted by Gasteiger charge is -2.15. The first-order valence-corrected chi connectivity index (χ1v) is 11.6. The first kappa shape index (κ1) is 21.0. The smallest absolute Gasteiger partial charge is 0.271 e. The molecule has 1 heterocycles. The van der Waals surface area contributed by atoms with Gasteiger partial charge in [-0.1, -0.05) is 66.7 Å². The normalized spacial score (nSPS) is 16.2. The summed E-state index contributed by atoms with van der Waals surface area (Å²) in [6.45, 7) is 2.51. The largest absolute Gasteiger partial charge is 0.493 e. The topological polar surface area (TPSA) is 41.9 Å². The first-order chi connectivity index (χ1) is 16.2. The zero-order chi connectivity index (χ0) is 22.6. The third kappa shape index (κ3) is 4.28. The summed E-state index contributed by atoms with van der Waals surface area (Å²) >= 11 is 1.38. The molecule has 0 aromatic heterocycles. The SMILES string of the molecule is CCOc1ccc2ccccc2c1/C=C1/SC(=Nc2ccccc2)N(c2ccccc2)C1=O. The van der Waals surface area contributed by atoms with E-state index < -0.39 is 0 Å². The molecule has 1 fully saturated rings. The van der Waals surface area contributed by atoms with Crippen LogP contribution in [0.5, 0.6) is 5.75 Å². The highest BCUT2D eigenvalue weighted by molar-refractivity contribution is 8.19. The van der Waals surface area contributed by atoms with Crippen LogP contribution in [0.2, 0.25) is 0 Å². The number of hydrogen-bond acceptors (Lipinski definition) is 4. The maximum atomic E-state index is 13.6. The number of rotatable bonds is 5. The molecule has 1 amide bonds. The Morgan fingerprint density at radius 3 is 2.33 bits per heavy atom. The van der Waals surface area contributed by atoms with Crippen molar-refractivity contribution in [3.05, 3.63) is 108 Å². The number of amidine groups is 1. The van der Waals surface area contributed by atoms with Crippen molar-refractivity contribution in [3.8, 4) is 5.75 Å². The second kappa shape index (κ2) is 9.35. The minimum Gasteiger partial charge on any atom is -0.493 e. The number of hydrogen-bond donors (Lipinski definition) is 0. The van der Waals surface area contributed by atoms with E-state index in [-0.39, 0.29) is 5.91 Å².